The maximum atomic E-state index is 5.45. The molecule has 156 valence electrons. The molecule has 5 nitrogen and oxygen atoms in total. The first kappa shape index (κ1) is 21.4. The van der Waals surface area contributed by atoms with E-state index < -0.39 is 0 Å². The number of nitrogens with zero attached hydrogens (tertiary/aromatic N) is 1. The molecule has 0 aromatic heterocycles. The Bertz CT molecular complexity index is 801. The molecule has 0 radical (unpaired) electrons. The van der Waals surface area contributed by atoms with Gasteiger partial charge in [-0.2, -0.15) is 0 Å². The quantitative estimate of drug-likeness (QED) is 0.480. The zero-order chi connectivity index (χ0) is 20.6. The molecule has 0 bridgehead atoms. The number of ether oxygens (including phenoxy) is 1. The molecule has 0 aliphatic carbocycles. The van der Waals surface area contributed by atoms with E-state index in [2.05, 4.69) is 59.7 Å². The monoisotopic (exact) mass is 413 g/mol. The van der Waals surface area contributed by atoms with Crippen molar-refractivity contribution < 1.29 is 9.64 Å². The smallest absolute Gasteiger partial charge is 0.170 e. The van der Waals surface area contributed by atoms with Gasteiger partial charge in [0.05, 0.1) is 39.8 Å². The van der Waals surface area contributed by atoms with Gasteiger partial charge in [0.1, 0.15) is 5.75 Å². The second kappa shape index (κ2) is 10.5. The van der Waals surface area contributed by atoms with Gasteiger partial charge < -0.3 is 25.2 Å². The van der Waals surface area contributed by atoms with Crippen LogP contribution in [0.4, 0.5) is 11.4 Å². The lowest BCUT2D eigenvalue weighted by molar-refractivity contribution is -0.900. The number of benzene rings is 2. The lowest BCUT2D eigenvalue weighted by Gasteiger charge is -2.33. The number of thiocarbonyl (C=S) groups is 1. The van der Waals surface area contributed by atoms with Crippen molar-refractivity contribution in [2.45, 2.75) is 20.3 Å². The van der Waals surface area contributed by atoms with E-state index in [4.69, 9.17) is 17.0 Å². The van der Waals surface area contributed by atoms with Crippen molar-refractivity contribution in [1.29, 1.82) is 0 Å². The van der Waals surface area contributed by atoms with E-state index in [0.717, 1.165) is 37.5 Å². The van der Waals surface area contributed by atoms with Gasteiger partial charge in [0, 0.05) is 24.3 Å². The van der Waals surface area contributed by atoms with Crippen molar-refractivity contribution in [2.24, 2.45) is 0 Å². The highest BCUT2D eigenvalue weighted by Gasteiger charge is 2.19. The molecule has 1 saturated heterocycles. The Balaban J connectivity index is 1.33. The number of anilines is 2. The molecule has 3 N–H and O–H groups in total. The summed E-state index contributed by atoms with van der Waals surface area (Å²) in [7, 11) is 1.71. The van der Waals surface area contributed by atoms with Crippen molar-refractivity contribution in [3.05, 3.63) is 53.6 Å². The number of quaternary nitrogens is 1. The Kier molecular flexibility index (Phi) is 7.72. The number of rotatable bonds is 7. The first-order chi connectivity index (χ1) is 14.1. The lowest BCUT2D eigenvalue weighted by Crippen LogP contribution is -3.15. The number of nitrogens with one attached hydrogen (secondary N) is 3. The highest BCUT2D eigenvalue weighted by molar-refractivity contribution is 7.80. The van der Waals surface area contributed by atoms with Gasteiger partial charge in [-0.25, -0.2) is 0 Å². The maximum absolute atomic E-state index is 5.45. The van der Waals surface area contributed by atoms with Crippen molar-refractivity contribution in [1.82, 2.24) is 5.32 Å². The Morgan fingerprint density at radius 1 is 1.10 bits per heavy atom. The molecule has 1 fully saturated rings. The first-order valence-electron chi connectivity index (χ1n) is 10.4. The standard InChI is InChI=1S/C23H32N4OS/c1-18-6-4-7-22(19(18)2)25-23(29)24-12-5-13-26-14-16-27(17-15-26)20-8-10-21(28-3)11-9-20/h4,6-11H,5,12-17H2,1-3H3,(H2,24,25,29)/p+1. The summed E-state index contributed by atoms with van der Waals surface area (Å²) in [6.07, 6.45) is 1.12. The molecule has 2 aromatic rings. The van der Waals surface area contributed by atoms with Crippen LogP contribution in [0.15, 0.2) is 42.5 Å². The summed E-state index contributed by atoms with van der Waals surface area (Å²) in [5, 5.41) is 7.37. The zero-order valence-electron chi connectivity index (χ0n) is 17.8. The lowest BCUT2D eigenvalue weighted by atomic mass is 10.1. The van der Waals surface area contributed by atoms with Crippen LogP contribution in [-0.2, 0) is 0 Å². The van der Waals surface area contributed by atoms with Crippen molar-refractivity contribution in [3.8, 4) is 5.75 Å². The summed E-state index contributed by atoms with van der Waals surface area (Å²) in [5.41, 5.74) is 4.89. The van der Waals surface area contributed by atoms with E-state index in [1.807, 2.05) is 12.1 Å². The second-order valence-corrected chi connectivity index (χ2v) is 8.08. The van der Waals surface area contributed by atoms with Gasteiger partial charge >= 0.3 is 0 Å². The minimum absolute atomic E-state index is 0.707. The van der Waals surface area contributed by atoms with E-state index in [0.29, 0.717) is 5.11 Å². The van der Waals surface area contributed by atoms with Crippen molar-refractivity contribution >= 4 is 28.7 Å². The molecule has 0 spiro atoms. The normalized spacial score (nSPS) is 14.5. The summed E-state index contributed by atoms with van der Waals surface area (Å²) < 4.78 is 5.25. The van der Waals surface area contributed by atoms with Crippen LogP contribution in [0.5, 0.6) is 5.75 Å². The summed E-state index contributed by atoms with van der Waals surface area (Å²) in [6.45, 7) is 10.9. The van der Waals surface area contributed by atoms with Gasteiger partial charge in [-0.05, 0) is 67.5 Å². The first-order valence-corrected chi connectivity index (χ1v) is 10.8. The van der Waals surface area contributed by atoms with Crippen molar-refractivity contribution in [2.75, 3.05) is 56.6 Å². The second-order valence-electron chi connectivity index (χ2n) is 7.67. The molecule has 6 heteroatoms. The Morgan fingerprint density at radius 3 is 2.52 bits per heavy atom. The van der Waals surface area contributed by atoms with Gasteiger partial charge in [-0.1, -0.05) is 12.1 Å². The van der Waals surface area contributed by atoms with Gasteiger partial charge in [-0.15, -0.1) is 0 Å². The average Bonchev–Trinajstić information content (AvgIpc) is 2.75. The summed E-state index contributed by atoms with van der Waals surface area (Å²) in [6, 6.07) is 14.6. The van der Waals surface area contributed by atoms with Crippen LogP contribution in [0.3, 0.4) is 0 Å². The third-order valence-electron chi connectivity index (χ3n) is 5.75. The maximum Gasteiger partial charge on any atom is 0.170 e. The van der Waals surface area contributed by atoms with Gasteiger partial charge in [0.2, 0.25) is 0 Å². The molecule has 29 heavy (non-hydrogen) atoms. The summed E-state index contributed by atoms with van der Waals surface area (Å²) >= 11 is 5.45. The molecule has 0 saturated carbocycles. The van der Waals surface area contributed by atoms with Crippen LogP contribution < -0.4 is 25.2 Å². The number of hydrogen-bond donors (Lipinski definition) is 3. The fourth-order valence-electron chi connectivity index (χ4n) is 3.72. The Morgan fingerprint density at radius 2 is 1.83 bits per heavy atom. The predicted octanol–water partition coefficient (Wildman–Crippen LogP) is 2.39. The van der Waals surface area contributed by atoms with Crippen LogP contribution in [0, 0.1) is 13.8 Å². The van der Waals surface area contributed by atoms with E-state index in [1.165, 1.54) is 36.4 Å². The average molecular weight is 414 g/mol. The van der Waals surface area contributed by atoms with Crippen LogP contribution in [0.25, 0.3) is 0 Å². The van der Waals surface area contributed by atoms with Crippen LogP contribution >= 0.6 is 12.2 Å². The SMILES string of the molecule is COc1ccc(N2CC[NH+](CCCNC(=S)Nc3cccc(C)c3C)CC2)cc1. The van der Waals surface area contributed by atoms with Crippen LogP contribution in [0.2, 0.25) is 0 Å². The molecular formula is C23H33N4OS+. The third kappa shape index (κ3) is 6.08. The molecule has 2 aromatic carbocycles. The highest BCUT2D eigenvalue weighted by Crippen LogP contribution is 2.19. The number of piperazine rings is 1. The van der Waals surface area contributed by atoms with E-state index in [1.54, 1.807) is 12.0 Å². The molecule has 0 atom stereocenters. The van der Waals surface area contributed by atoms with Crippen LogP contribution in [0.1, 0.15) is 17.5 Å². The number of aryl methyl sites for hydroxylation is 1. The zero-order valence-corrected chi connectivity index (χ0v) is 18.6. The minimum atomic E-state index is 0.707. The minimum Gasteiger partial charge on any atom is -0.497 e. The molecular weight excluding hydrogens is 380 g/mol. The van der Waals surface area contributed by atoms with E-state index >= 15 is 0 Å². The Labute approximate surface area is 180 Å². The van der Waals surface area contributed by atoms with Crippen molar-refractivity contribution in [3.63, 3.8) is 0 Å². The number of methoxy groups -OCH3 is 1. The Hall–Kier alpha value is -2.31. The highest BCUT2D eigenvalue weighted by atomic mass is 32.1. The van der Waals surface area contributed by atoms with E-state index in [9.17, 15) is 0 Å². The molecule has 3 rings (SSSR count). The molecule has 1 heterocycles. The predicted molar refractivity (Wildman–Crippen MR) is 126 cm³/mol. The van der Waals surface area contributed by atoms with Gasteiger partial charge in [-0.3, -0.25) is 0 Å². The summed E-state index contributed by atoms with van der Waals surface area (Å²) in [5.74, 6) is 0.912. The molecule has 0 amide bonds. The van der Waals surface area contributed by atoms with E-state index in [-0.39, 0.29) is 0 Å². The molecule has 1 aliphatic rings. The fourth-order valence-corrected chi connectivity index (χ4v) is 3.93. The third-order valence-corrected chi connectivity index (χ3v) is 6.00. The largest absolute Gasteiger partial charge is 0.497 e. The molecule has 0 unspecified atom stereocenters. The summed E-state index contributed by atoms with van der Waals surface area (Å²) in [4.78, 5) is 4.13. The topological polar surface area (TPSA) is 41.0 Å². The van der Waals surface area contributed by atoms with Gasteiger partial charge in [0.15, 0.2) is 5.11 Å². The molecule has 1 aliphatic heterocycles. The van der Waals surface area contributed by atoms with Crippen LogP contribution in [-0.4, -0.2) is 51.5 Å². The fraction of sp³-hybridized carbons (Fsp3) is 0.435. The number of hydrogen-bond acceptors (Lipinski definition) is 3. The van der Waals surface area contributed by atoms with Gasteiger partial charge in [0.25, 0.3) is 0 Å².